The van der Waals surface area contributed by atoms with Gasteiger partial charge in [-0.2, -0.15) is 28.4 Å². The van der Waals surface area contributed by atoms with Crippen molar-refractivity contribution in [2.24, 2.45) is 18.1 Å². The van der Waals surface area contributed by atoms with Crippen LogP contribution in [-0.4, -0.2) is 50.0 Å². The molecule has 138 valence electrons. The van der Waals surface area contributed by atoms with E-state index in [4.69, 9.17) is 0 Å². The smallest absolute Gasteiger partial charge is 0.382 e. The topological polar surface area (TPSA) is 82.8 Å². The van der Waals surface area contributed by atoms with Crippen LogP contribution < -0.4 is 5.32 Å². The van der Waals surface area contributed by atoms with E-state index in [1.165, 1.54) is 10.9 Å². The zero-order valence-corrected chi connectivity index (χ0v) is 14.0. The second-order valence-corrected chi connectivity index (χ2v) is 6.33. The van der Waals surface area contributed by atoms with E-state index in [0.29, 0.717) is 31.5 Å². The number of hydrazone groups is 1. The number of fused-ring (bicyclic) bond motifs is 1. The standard InChI is InChI=1S/C15H20F3N5O2/c1-3-19-11-8-22(2)21-12(11)13(24)23-14(25,15(16,17)18)9-6-4-5-7-10(9)20-23/h8-9,19,25H,3-7H2,1-2H3/t9-,14+/m0/s1. The van der Waals surface area contributed by atoms with Gasteiger partial charge in [0.25, 0.3) is 11.6 Å². The zero-order chi connectivity index (χ0) is 18.4. The van der Waals surface area contributed by atoms with Crippen LogP contribution in [0.1, 0.15) is 43.1 Å². The van der Waals surface area contributed by atoms with Gasteiger partial charge in [0.15, 0.2) is 5.69 Å². The molecule has 1 aliphatic carbocycles. The first-order chi connectivity index (χ1) is 11.7. The molecule has 0 bridgehead atoms. The van der Waals surface area contributed by atoms with Gasteiger partial charge in [-0.1, -0.05) is 6.42 Å². The highest BCUT2D eigenvalue weighted by atomic mass is 19.4. The molecule has 2 heterocycles. The van der Waals surface area contributed by atoms with E-state index in [1.54, 1.807) is 14.0 Å². The van der Waals surface area contributed by atoms with Crippen LogP contribution in [0.15, 0.2) is 11.3 Å². The lowest BCUT2D eigenvalue weighted by Gasteiger charge is -2.38. The number of hydrogen-bond donors (Lipinski definition) is 2. The predicted octanol–water partition coefficient (Wildman–Crippen LogP) is 2.10. The van der Waals surface area contributed by atoms with Crippen molar-refractivity contribution in [1.82, 2.24) is 14.8 Å². The molecule has 0 radical (unpaired) electrons. The molecule has 1 saturated carbocycles. The molecule has 1 fully saturated rings. The second kappa shape index (κ2) is 6.01. The van der Waals surface area contributed by atoms with Crippen LogP contribution in [0.2, 0.25) is 0 Å². The van der Waals surface area contributed by atoms with E-state index in [1.807, 2.05) is 0 Å². The van der Waals surface area contributed by atoms with Gasteiger partial charge in [-0.15, -0.1) is 0 Å². The lowest BCUT2D eigenvalue weighted by Crippen LogP contribution is -2.61. The number of aryl methyl sites for hydroxylation is 1. The summed E-state index contributed by atoms with van der Waals surface area (Å²) in [6, 6.07) is 0. The van der Waals surface area contributed by atoms with Crippen LogP contribution in [0.4, 0.5) is 18.9 Å². The van der Waals surface area contributed by atoms with E-state index < -0.39 is 23.7 Å². The van der Waals surface area contributed by atoms with E-state index in [9.17, 15) is 23.1 Å². The molecule has 0 saturated heterocycles. The Morgan fingerprint density at radius 3 is 2.84 bits per heavy atom. The Labute approximate surface area is 142 Å². The number of halogens is 3. The Hall–Kier alpha value is -2.10. The summed E-state index contributed by atoms with van der Waals surface area (Å²) in [6.07, 6.45) is -1.80. The fourth-order valence-corrected chi connectivity index (χ4v) is 3.49. The molecule has 1 aliphatic heterocycles. The highest BCUT2D eigenvalue weighted by molar-refractivity contribution is 6.01. The average Bonchev–Trinajstić information content (AvgIpc) is 3.06. The van der Waals surface area contributed by atoms with Crippen molar-refractivity contribution >= 4 is 17.3 Å². The molecule has 0 spiro atoms. The highest BCUT2D eigenvalue weighted by Crippen LogP contribution is 2.48. The molecule has 25 heavy (non-hydrogen) atoms. The van der Waals surface area contributed by atoms with Crippen molar-refractivity contribution in [1.29, 1.82) is 0 Å². The molecule has 1 aromatic heterocycles. The Balaban J connectivity index is 2.04. The summed E-state index contributed by atoms with van der Waals surface area (Å²) < 4.78 is 42.5. The van der Waals surface area contributed by atoms with Crippen LogP contribution in [0.3, 0.4) is 0 Å². The maximum atomic E-state index is 13.7. The van der Waals surface area contributed by atoms with E-state index in [0.717, 1.165) is 0 Å². The van der Waals surface area contributed by atoms with Gasteiger partial charge >= 0.3 is 6.18 Å². The summed E-state index contributed by atoms with van der Waals surface area (Å²) in [5.74, 6) is -2.30. The number of nitrogens with zero attached hydrogens (tertiary/aromatic N) is 4. The Bertz CT molecular complexity index is 715. The van der Waals surface area contributed by atoms with Gasteiger partial charge in [0.1, 0.15) is 0 Å². The molecule has 3 rings (SSSR count). The first-order valence-electron chi connectivity index (χ1n) is 8.18. The van der Waals surface area contributed by atoms with Crippen molar-refractivity contribution in [2.75, 3.05) is 11.9 Å². The van der Waals surface area contributed by atoms with Crippen LogP contribution in [0.5, 0.6) is 0 Å². The Kier molecular flexibility index (Phi) is 4.26. The van der Waals surface area contributed by atoms with Crippen LogP contribution in [0.25, 0.3) is 0 Å². The summed E-state index contributed by atoms with van der Waals surface area (Å²) in [5.41, 5.74) is -3.01. The quantitative estimate of drug-likeness (QED) is 0.866. The van der Waals surface area contributed by atoms with Crippen LogP contribution in [0, 0.1) is 5.92 Å². The number of hydrogen-bond acceptors (Lipinski definition) is 5. The molecule has 2 atom stereocenters. The molecule has 1 aromatic rings. The van der Waals surface area contributed by atoms with Crippen LogP contribution in [-0.2, 0) is 7.05 Å². The van der Waals surface area contributed by atoms with Gasteiger partial charge < -0.3 is 10.4 Å². The van der Waals surface area contributed by atoms with Gasteiger partial charge in [-0.3, -0.25) is 9.48 Å². The SMILES string of the molecule is CCNc1cn(C)nc1C(=O)N1N=C2CCCC[C@@H]2[C@@]1(O)C(F)(F)F. The highest BCUT2D eigenvalue weighted by Gasteiger charge is 2.68. The predicted molar refractivity (Wildman–Crippen MR) is 83.9 cm³/mol. The molecule has 1 amide bonds. The fraction of sp³-hybridized carbons (Fsp3) is 0.667. The number of alkyl halides is 3. The average molecular weight is 359 g/mol. The first kappa shape index (κ1) is 17.7. The first-order valence-corrected chi connectivity index (χ1v) is 8.18. The minimum Gasteiger partial charge on any atom is -0.382 e. The van der Waals surface area contributed by atoms with E-state index >= 15 is 0 Å². The second-order valence-electron chi connectivity index (χ2n) is 6.33. The fourth-order valence-electron chi connectivity index (χ4n) is 3.49. The summed E-state index contributed by atoms with van der Waals surface area (Å²) >= 11 is 0. The number of nitrogens with one attached hydrogen (secondary N) is 1. The lowest BCUT2D eigenvalue weighted by molar-refractivity contribution is -0.312. The maximum Gasteiger partial charge on any atom is 0.439 e. The van der Waals surface area contributed by atoms with Gasteiger partial charge in [0.2, 0.25) is 0 Å². The molecule has 2 aliphatic rings. The lowest BCUT2D eigenvalue weighted by atomic mass is 9.80. The third kappa shape index (κ3) is 2.68. The van der Waals surface area contributed by atoms with Crippen molar-refractivity contribution < 1.29 is 23.1 Å². The van der Waals surface area contributed by atoms with E-state index in [2.05, 4.69) is 15.5 Å². The molecule has 0 aromatic carbocycles. The van der Waals surface area contributed by atoms with Gasteiger partial charge in [-0.25, -0.2) is 0 Å². The number of carbonyl (C=O) groups is 1. The molecule has 0 unspecified atom stereocenters. The van der Waals surface area contributed by atoms with Crippen molar-refractivity contribution in [3.8, 4) is 0 Å². The van der Waals surface area contributed by atoms with Gasteiger partial charge in [0.05, 0.1) is 11.6 Å². The molecular weight excluding hydrogens is 339 g/mol. The van der Waals surface area contributed by atoms with Crippen molar-refractivity contribution in [2.45, 2.75) is 44.5 Å². The van der Waals surface area contributed by atoms with Gasteiger partial charge in [0, 0.05) is 25.5 Å². The van der Waals surface area contributed by atoms with E-state index in [-0.39, 0.29) is 22.8 Å². The third-order valence-corrected chi connectivity index (χ3v) is 4.62. The molecule has 7 nitrogen and oxygen atoms in total. The van der Waals surface area contributed by atoms with Gasteiger partial charge in [-0.05, 0) is 26.2 Å². The summed E-state index contributed by atoms with van der Waals surface area (Å²) in [6.45, 7) is 2.25. The minimum atomic E-state index is -5.02. The number of anilines is 1. The third-order valence-electron chi connectivity index (χ3n) is 4.62. The monoisotopic (exact) mass is 359 g/mol. The number of aliphatic hydroxyl groups is 1. The molecule has 2 N–H and O–H groups in total. The number of amides is 1. The van der Waals surface area contributed by atoms with Crippen molar-refractivity contribution in [3.05, 3.63) is 11.9 Å². The maximum absolute atomic E-state index is 13.7. The normalized spacial score (nSPS) is 26.4. The summed E-state index contributed by atoms with van der Waals surface area (Å²) in [7, 11) is 1.56. The molecule has 10 heteroatoms. The number of carbonyl (C=O) groups excluding carboxylic acids is 1. The largest absolute Gasteiger partial charge is 0.439 e. The zero-order valence-electron chi connectivity index (χ0n) is 14.0. The minimum absolute atomic E-state index is 0.140. The summed E-state index contributed by atoms with van der Waals surface area (Å²) in [4.78, 5) is 12.8. The number of rotatable bonds is 3. The Morgan fingerprint density at radius 1 is 1.48 bits per heavy atom. The molecular formula is C15H20F3N5O2. The van der Waals surface area contributed by atoms with Crippen LogP contribution >= 0.6 is 0 Å². The van der Waals surface area contributed by atoms with Crippen molar-refractivity contribution in [3.63, 3.8) is 0 Å². The number of aromatic nitrogens is 2. The Morgan fingerprint density at radius 2 is 2.20 bits per heavy atom. The summed E-state index contributed by atoms with van der Waals surface area (Å²) in [5, 5.41) is 21.4.